The molecule has 1 aliphatic heterocycles. The van der Waals surface area contributed by atoms with Gasteiger partial charge >= 0.3 is 6.03 Å². The Balaban J connectivity index is 2.00. The molecule has 1 N–H and O–H groups in total. The Bertz CT molecular complexity index is 507. The zero-order valence-corrected chi connectivity index (χ0v) is 13.4. The molecule has 0 aliphatic carbocycles. The van der Waals surface area contributed by atoms with E-state index in [1.54, 1.807) is 13.2 Å². The van der Waals surface area contributed by atoms with Gasteiger partial charge in [-0.25, -0.2) is 9.18 Å². The van der Waals surface area contributed by atoms with E-state index in [4.69, 9.17) is 4.74 Å². The summed E-state index contributed by atoms with van der Waals surface area (Å²) in [5, 5.41) is 2.86. The van der Waals surface area contributed by atoms with Crippen molar-refractivity contribution in [2.75, 3.05) is 25.6 Å². The van der Waals surface area contributed by atoms with E-state index in [0.29, 0.717) is 5.69 Å². The Labute approximate surface area is 131 Å². The second-order valence-corrected chi connectivity index (χ2v) is 5.87. The van der Waals surface area contributed by atoms with Crippen molar-refractivity contribution in [3.63, 3.8) is 0 Å². The van der Waals surface area contributed by atoms with E-state index in [0.717, 1.165) is 50.8 Å². The van der Waals surface area contributed by atoms with E-state index >= 15 is 0 Å². The molecule has 0 unspecified atom stereocenters. The number of likely N-dealkylation sites (tertiary alicyclic amines) is 1. The summed E-state index contributed by atoms with van der Waals surface area (Å²) < 4.78 is 18.4. The number of carbonyl (C=O) groups excluding carboxylic acids is 1. The van der Waals surface area contributed by atoms with Crippen LogP contribution in [0.2, 0.25) is 0 Å². The summed E-state index contributed by atoms with van der Waals surface area (Å²) in [6.07, 6.45) is 5.10. The van der Waals surface area contributed by atoms with Crippen molar-refractivity contribution in [3.05, 3.63) is 29.6 Å². The lowest BCUT2D eigenvalue weighted by atomic mass is 9.98. The first-order valence-corrected chi connectivity index (χ1v) is 7.94. The summed E-state index contributed by atoms with van der Waals surface area (Å²) in [6.45, 7) is 3.34. The van der Waals surface area contributed by atoms with Crippen LogP contribution >= 0.6 is 0 Å². The lowest BCUT2D eigenvalue weighted by Gasteiger charge is -2.36. The van der Waals surface area contributed by atoms with Gasteiger partial charge in [-0.2, -0.15) is 0 Å². The van der Waals surface area contributed by atoms with Crippen LogP contribution in [0, 0.1) is 12.7 Å². The molecular weight excluding hydrogens is 283 g/mol. The van der Waals surface area contributed by atoms with E-state index in [2.05, 4.69) is 5.32 Å². The van der Waals surface area contributed by atoms with E-state index < -0.39 is 0 Å². The third-order valence-electron chi connectivity index (χ3n) is 4.22. The Morgan fingerprint density at radius 2 is 2.27 bits per heavy atom. The van der Waals surface area contributed by atoms with Gasteiger partial charge in [0.25, 0.3) is 0 Å². The maximum Gasteiger partial charge on any atom is 0.322 e. The summed E-state index contributed by atoms with van der Waals surface area (Å²) >= 11 is 0. The Morgan fingerprint density at radius 1 is 1.45 bits per heavy atom. The molecule has 5 heteroatoms. The molecule has 0 saturated carbocycles. The minimum atomic E-state index is -0.337. The quantitative estimate of drug-likeness (QED) is 0.837. The second kappa shape index (κ2) is 8.13. The molecule has 0 spiro atoms. The molecule has 4 nitrogen and oxygen atoms in total. The van der Waals surface area contributed by atoms with E-state index in [-0.39, 0.29) is 17.9 Å². The average Bonchev–Trinajstić information content (AvgIpc) is 2.51. The van der Waals surface area contributed by atoms with Crippen molar-refractivity contribution < 1.29 is 13.9 Å². The zero-order valence-electron chi connectivity index (χ0n) is 13.4. The highest BCUT2D eigenvalue weighted by Crippen LogP contribution is 2.23. The molecule has 2 rings (SSSR count). The molecule has 1 aromatic carbocycles. The largest absolute Gasteiger partial charge is 0.385 e. The van der Waals surface area contributed by atoms with E-state index in [1.807, 2.05) is 11.8 Å². The molecule has 2 amide bonds. The van der Waals surface area contributed by atoms with Gasteiger partial charge in [0.2, 0.25) is 0 Å². The molecule has 1 heterocycles. The van der Waals surface area contributed by atoms with Crippen molar-refractivity contribution in [3.8, 4) is 0 Å². The van der Waals surface area contributed by atoms with Gasteiger partial charge in [-0.1, -0.05) is 6.07 Å². The van der Waals surface area contributed by atoms with Crippen LogP contribution in [0.15, 0.2) is 18.2 Å². The first-order valence-electron chi connectivity index (χ1n) is 7.94. The van der Waals surface area contributed by atoms with Gasteiger partial charge in [-0.3, -0.25) is 0 Å². The van der Waals surface area contributed by atoms with Crippen molar-refractivity contribution in [1.82, 2.24) is 4.90 Å². The summed E-state index contributed by atoms with van der Waals surface area (Å²) in [5.74, 6) is -0.337. The number of amides is 2. The number of ether oxygens (including phenoxy) is 1. The number of nitrogens with one attached hydrogen (secondary N) is 1. The average molecular weight is 308 g/mol. The van der Waals surface area contributed by atoms with E-state index in [9.17, 15) is 9.18 Å². The summed E-state index contributed by atoms with van der Waals surface area (Å²) in [6, 6.07) is 4.57. The number of hydrogen-bond acceptors (Lipinski definition) is 2. The minimum Gasteiger partial charge on any atom is -0.385 e. The normalized spacial score (nSPS) is 18.3. The predicted molar refractivity (Wildman–Crippen MR) is 85.6 cm³/mol. The number of hydrogen-bond donors (Lipinski definition) is 1. The summed E-state index contributed by atoms with van der Waals surface area (Å²) in [7, 11) is 1.69. The molecule has 122 valence electrons. The maximum absolute atomic E-state index is 13.3. The molecule has 1 aromatic rings. The Hall–Kier alpha value is -1.62. The summed E-state index contributed by atoms with van der Waals surface area (Å²) in [5.41, 5.74) is 1.41. The number of methoxy groups -OCH3 is 1. The third kappa shape index (κ3) is 4.44. The van der Waals surface area contributed by atoms with Gasteiger partial charge in [-0.05, 0) is 56.7 Å². The lowest BCUT2D eigenvalue weighted by molar-refractivity contribution is 0.141. The smallest absolute Gasteiger partial charge is 0.322 e. The van der Waals surface area contributed by atoms with Gasteiger partial charge in [0.1, 0.15) is 5.82 Å². The second-order valence-electron chi connectivity index (χ2n) is 5.87. The van der Waals surface area contributed by atoms with Gasteiger partial charge in [-0.15, -0.1) is 0 Å². The number of aryl methyl sites for hydroxylation is 1. The van der Waals surface area contributed by atoms with Gasteiger partial charge in [0.05, 0.1) is 0 Å². The topological polar surface area (TPSA) is 41.6 Å². The number of urea groups is 1. The van der Waals surface area contributed by atoms with Crippen LogP contribution in [-0.2, 0) is 4.74 Å². The Kier molecular flexibility index (Phi) is 6.19. The highest BCUT2D eigenvalue weighted by molar-refractivity contribution is 5.90. The monoisotopic (exact) mass is 308 g/mol. The van der Waals surface area contributed by atoms with Crippen molar-refractivity contribution in [2.45, 2.75) is 45.1 Å². The third-order valence-corrected chi connectivity index (χ3v) is 4.22. The fourth-order valence-electron chi connectivity index (χ4n) is 2.95. The molecule has 0 aromatic heterocycles. The van der Waals surface area contributed by atoms with Crippen LogP contribution in [0.25, 0.3) is 0 Å². The van der Waals surface area contributed by atoms with Crippen LogP contribution in [0.4, 0.5) is 14.9 Å². The highest BCUT2D eigenvalue weighted by atomic mass is 19.1. The number of rotatable bonds is 5. The first kappa shape index (κ1) is 16.7. The number of benzene rings is 1. The highest BCUT2D eigenvalue weighted by Gasteiger charge is 2.26. The molecule has 0 bridgehead atoms. The number of anilines is 1. The Morgan fingerprint density at radius 3 is 3.05 bits per heavy atom. The maximum atomic E-state index is 13.3. The summed E-state index contributed by atoms with van der Waals surface area (Å²) in [4.78, 5) is 14.4. The van der Waals surface area contributed by atoms with Crippen LogP contribution in [0.1, 0.15) is 37.7 Å². The van der Waals surface area contributed by atoms with Gasteiger partial charge < -0.3 is 15.0 Å². The number of carbonyl (C=O) groups is 1. The molecule has 0 radical (unpaired) electrons. The molecule has 1 saturated heterocycles. The van der Waals surface area contributed by atoms with Gasteiger partial charge in [0, 0.05) is 32.0 Å². The predicted octanol–water partition coefficient (Wildman–Crippen LogP) is 3.95. The number of halogens is 1. The van der Waals surface area contributed by atoms with E-state index in [1.165, 1.54) is 12.1 Å². The zero-order chi connectivity index (χ0) is 15.9. The van der Waals surface area contributed by atoms with Crippen LogP contribution in [-0.4, -0.2) is 37.2 Å². The van der Waals surface area contributed by atoms with Crippen LogP contribution < -0.4 is 5.32 Å². The van der Waals surface area contributed by atoms with Gasteiger partial charge in [0.15, 0.2) is 0 Å². The van der Waals surface area contributed by atoms with Crippen LogP contribution in [0.3, 0.4) is 0 Å². The number of nitrogens with zero attached hydrogens (tertiary/aromatic N) is 1. The molecule has 1 fully saturated rings. The fourth-order valence-corrected chi connectivity index (χ4v) is 2.95. The molecule has 1 atom stereocenters. The van der Waals surface area contributed by atoms with Crippen molar-refractivity contribution in [2.24, 2.45) is 0 Å². The standard InChI is InChI=1S/C17H25FN2O2/c1-13-8-9-14(18)12-16(13)19-17(21)20-10-4-3-6-15(20)7-5-11-22-2/h8-9,12,15H,3-7,10-11H2,1-2H3,(H,19,21)/t15-/m0/s1. The number of piperidine rings is 1. The molecule has 1 aliphatic rings. The van der Waals surface area contributed by atoms with Crippen LogP contribution in [0.5, 0.6) is 0 Å². The minimum absolute atomic E-state index is 0.129. The fraction of sp³-hybridized carbons (Fsp3) is 0.588. The van der Waals surface area contributed by atoms with Crippen molar-refractivity contribution in [1.29, 1.82) is 0 Å². The molecule has 22 heavy (non-hydrogen) atoms. The van der Waals surface area contributed by atoms with Crippen molar-refractivity contribution >= 4 is 11.7 Å². The first-order chi connectivity index (χ1) is 10.6. The molecular formula is C17H25FN2O2. The SMILES string of the molecule is COCCC[C@@H]1CCCCN1C(=O)Nc1cc(F)ccc1C. The lowest BCUT2D eigenvalue weighted by Crippen LogP contribution is -2.46.